The van der Waals surface area contributed by atoms with E-state index in [1.165, 1.54) is 17.8 Å². The molecule has 0 saturated carbocycles. The molecule has 0 aliphatic heterocycles. The van der Waals surface area contributed by atoms with Crippen molar-refractivity contribution in [2.24, 2.45) is 0 Å². The summed E-state index contributed by atoms with van der Waals surface area (Å²) in [6.45, 7) is 0.722. The molecular formula is C14H12BrF2NS. The van der Waals surface area contributed by atoms with Gasteiger partial charge >= 0.3 is 0 Å². The Morgan fingerprint density at radius 2 is 1.89 bits per heavy atom. The van der Waals surface area contributed by atoms with E-state index < -0.39 is 11.6 Å². The maximum Gasteiger partial charge on any atom is 0.159 e. The predicted octanol–water partition coefficient (Wildman–Crippen LogP) is 4.60. The molecule has 2 aromatic rings. The number of nitrogens with one attached hydrogen (secondary N) is 1. The van der Waals surface area contributed by atoms with E-state index in [0.717, 1.165) is 27.5 Å². The van der Waals surface area contributed by atoms with Crippen molar-refractivity contribution in [3.63, 3.8) is 0 Å². The highest BCUT2D eigenvalue weighted by Gasteiger charge is 2.08. The van der Waals surface area contributed by atoms with Gasteiger partial charge in [0.1, 0.15) is 0 Å². The van der Waals surface area contributed by atoms with E-state index in [4.69, 9.17) is 0 Å². The number of halogens is 3. The molecule has 0 aromatic heterocycles. The van der Waals surface area contributed by atoms with Gasteiger partial charge in [0.2, 0.25) is 0 Å². The Morgan fingerprint density at radius 3 is 2.58 bits per heavy atom. The predicted molar refractivity (Wildman–Crippen MR) is 77.4 cm³/mol. The lowest BCUT2D eigenvalue weighted by Crippen LogP contribution is -2.06. The first-order valence-electron chi connectivity index (χ1n) is 5.66. The summed E-state index contributed by atoms with van der Waals surface area (Å²) in [6, 6.07) is 9.87. The van der Waals surface area contributed by atoms with Crippen molar-refractivity contribution in [1.82, 2.24) is 5.32 Å². The molecule has 0 saturated heterocycles. The summed E-state index contributed by atoms with van der Waals surface area (Å²) in [5.41, 5.74) is 1.11. The van der Waals surface area contributed by atoms with Crippen molar-refractivity contribution in [2.75, 3.05) is 7.05 Å². The van der Waals surface area contributed by atoms with E-state index in [1.54, 1.807) is 6.07 Å². The smallest absolute Gasteiger partial charge is 0.159 e. The molecular weight excluding hydrogens is 332 g/mol. The highest BCUT2D eigenvalue weighted by atomic mass is 79.9. The zero-order valence-corrected chi connectivity index (χ0v) is 12.6. The Morgan fingerprint density at radius 1 is 1.11 bits per heavy atom. The van der Waals surface area contributed by atoms with E-state index in [1.807, 2.05) is 25.2 Å². The Kier molecular flexibility index (Phi) is 4.96. The molecule has 2 rings (SSSR count). The molecule has 19 heavy (non-hydrogen) atoms. The van der Waals surface area contributed by atoms with Crippen LogP contribution in [-0.2, 0) is 6.54 Å². The summed E-state index contributed by atoms with van der Waals surface area (Å²) in [7, 11) is 1.87. The van der Waals surface area contributed by atoms with Crippen molar-refractivity contribution in [2.45, 2.75) is 16.3 Å². The second-order valence-electron chi connectivity index (χ2n) is 3.96. The standard InChI is InChI=1S/C14H12BrF2NS/c1-18-8-9-2-3-10(15)6-14(9)19-11-4-5-12(16)13(17)7-11/h2-7,18H,8H2,1H3. The third-order valence-electron chi connectivity index (χ3n) is 2.52. The van der Waals surface area contributed by atoms with Gasteiger partial charge in [0.05, 0.1) is 0 Å². The van der Waals surface area contributed by atoms with Gasteiger partial charge in [-0.2, -0.15) is 0 Å². The van der Waals surface area contributed by atoms with Crippen molar-refractivity contribution in [1.29, 1.82) is 0 Å². The molecule has 0 unspecified atom stereocenters. The molecule has 0 spiro atoms. The average molecular weight is 344 g/mol. The molecule has 0 aliphatic rings. The maximum atomic E-state index is 13.2. The van der Waals surface area contributed by atoms with Crippen LogP contribution in [0.3, 0.4) is 0 Å². The molecule has 5 heteroatoms. The van der Waals surface area contributed by atoms with Crippen LogP contribution in [0.1, 0.15) is 5.56 Å². The van der Waals surface area contributed by atoms with Crippen LogP contribution < -0.4 is 5.32 Å². The molecule has 1 nitrogen and oxygen atoms in total. The molecule has 0 bridgehead atoms. The van der Waals surface area contributed by atoms with Crippen molar-refractivity contribution < 1.29 is 8.78 Å². The first-order chi connectivity index (χ1) is 9.10. The third kappa shape index (κ3) is 3.78. The van der Waals surface area contributed by atoms with Gasteiger partial charge in [-0.1, -0.05) is 33.8 Å². The van der Waals surface area contributed by atoms with Crippen LogP contribution in [0.4, 0.5) is 8.78 Å². The minimum absolute atomic E-state index is 0.675. The topological polar surface area (TPSA) is 12.0 Å². The fraction of sp³-hybridized carbons (Fsp3) is 0.143. The summed E-state index contributed by atoms with van der Waals surface area (Å²) >= 11 is 4.83. The summed E-state index contributed by atoms with van der Waals surface area (Å²) in [4.78, 5) is 1.68. The molecule has 0 atom stereocenters. The lowest BCUT2D eigenvalue weighted by molar-refractivity contribution is 0.506. The number of rotatable bonds is 4. The fourth-order valence-electron chi connectivity index (χ4n) is 1.63. The lowest BCUT2D eigenvalue weighted by atomic mass is 10.2. The summed E-state index contributed by atoms with van der Waals surface area (Å²) in [5, 5.41) is 3.09. The molecule has 0 fully saturated rings. The molecule has 0 heterocycles. The van der Waals surface area contributed by atoms with Crippen LogP contribution in [-0.4, -0.2) is 7.05 Å². The van der Waals surface area contributed by atoms with Crippen molar-refractivity contribution >= 4 is 27.7 Å². The van der Waals surface area contributed by atoms with Gasteiger partial charge in [-0.3, -0.25) is 0 Å². The SMILES string of the molecule is CNCc1ccc(Br)cc1Sc1ccc(F)c(F)c1. The number of hydrogen-bond acceptors (Lipinski definition) is 2. The molecule has 2 aromatic carbocycles. The van der Waals surface area contributed by atoms with Crippen LogP contribution in [0.15, 0.2) is 50.7 Å². The molecule has 100 valence electrons. The van der Waals surface area contributed by atoms with Gasteiger partial charge in [-0.05, 0) is 42.9 Å². The molecule has 0 amide bonds. The lowest BCUT2D eigenvalue weighted by Gasteiger charge is -2.09. The maximum absolute atomic E-state index is 13.2. The minimum Gasteiger partial charge on any atom is -0.316 e. The van der Waals surface area contributed by atoms with E-state index in [2.05, 4.69) is 21.2 Å². The quantitative estimate of drug-likeness (QED) is 0.870. The largest absolute Gasteiger partial charge is 0.316 e. The van der Waals surface area contributed by atoms with Crippen LogP contribution in [0.5, 0.6) is 0 Å². The number of hydrogen-bond donors (Lipinski definition) is 1. The second kappa shape index (κ2) is 6.50. The Labute approximate surface area is 123 Å². The van der Waals surface area contributed by atoms with Gasteiger partial charge in [-0.15, -0.1) is 0 Å². The van der Waals surface area contributed by atoms with Gasteiger partial charge in [-0.25, -0.2) is 8.78 Å². The normalized spacial score (nSPS) is 10.7. The first kappa shape index (κ1) is 14.5. The van der Waals surface area contributed by atoms with Gasteiger partial charge in [0, 0.05) is 20.8 Å². The molecule has 1 N–H and O–H groups in total. The van der Waals surface area contributed by atoms with E-state index in [9.17, 15) is 8.78 Å². The molecule has 0 radical (unpaired) electrons. The van der Waals surface area contributed by atoms with E-state index in [0.29, 0.717) is 4.90 Å². The highest BCUT2D eigenvalue weighted by Crippen LogP contribution is 2.33. The minimum atomic E-state index is -0.825. The molecule has 0 aliphatic carbocycles. The van der Waals surface area contributed by atoms with E-state index in [-0.39, 0.29) is 0 Å². The second-order valence-corrected chi connectivity index (χ2v) is 5.99. The average Bonchev–Trinajstić information content (AvgIpc) is 2.37. The van der Waals surface area contributed by atoms with Crippen LogP contribution in [0.2, 0.25) is 0 Å². The highest BCUT2D eigenvalue weighted by molar-refractivity contribution is 9.10. The third-order valence-corrected chi connectivity index (χ3v) is 4.10. The van der Waals surface area contributed by atoms with Crippen LogP contribution in [0.25, 0.3) is 0 Å². The van der Waals surface area contributed by atoms with Crippen molar-refractivity contribution in [3.05, 3.63) is 58.1 Å². The number of benzene rings is 2. The summed E-state index contributed by atoms with van der Waals surface area (Å²) < 4.78 is 27.1. The Bertz CT molecular complexity index is 590. The Balaban J connectivity index is 2.30. The monoisotopic (exact) mass is 343 g/mol. The first-order valence-corrected chi connectivity index (χ1v) is 7.27. The summed E-state index contributed by atoms with van der Waals surface area (Å²) in [6.07, 6.45) is 0. The van der Waals surface area contributed by atoms with E-state index >= 15 is 0 Å². The van der Waals surface area contributed by atoms with Gasteiger partial charge in [0.15, 0.2) is 11.6 Å². The summed E-state index contributed by atoms with van der Waals surface area (Å²) in [5.74, 6) is -1.65. The van der Waals surface area contributed by atoms with Gasteiger partial charge < -0.3 is 5.32 Å². The zero-order valence-electron chi connectivity index (χ0n) is 10.2. The van der Waals surface area contributed by atoms with Crippen LogP contribution in [0, 0.1) is 11.6 Å². The van der Waals surface area contributed by atoms with Gasteiger partial charge in [0.25, 0.3) is 0 Å². The zero-order chi connectivity index (χ0) is 13.8. The Hall–Kier alpha value is -0.910. The fourth-order valence-corrected chi connectivity index (χ4v) is 3.15. The van der Waals surface area contributed by atoms with Crippen LogP contribution >= 0.6 is 27.7 Å². The van der Waals surface area contributed by atoms with Crippen molar-refractivity contribution in [3.8, 4) is 0 Å².